The lowest BCUT2D eigenvalue weighted by atomic mass is 9.86. The summed E-state index contributed by atoms with van der Waals surface area (Å²) < 4.78 is 4.84. The summed E-state index contributed by atoms with van der Waals surface area (Å²) in [5.74, 6) is -0.145. The summed E-state index contributed by atoms with van der Waals surface area (Å²) in [4.78, 5) is 18.9. The standard InChI is InChI=1S/C20H20N4O2/c1-24-13-6-7-16(24)18-15(9-13)23-19(22)14(10-21)17(18)11-4-3-5-12(8-11)20(25)26-2/h3-5,8,13,16H,6-7,9H2,1-2H3,(H2,22,23)/t13-,16+/m0/s1. The van der Waals surface area contributed by atoms with Crippen molar-refractivity contribution in [1.29, 1.82) is 5.26 Å². The summed E-state index contributed by atoms with van der Waals surface area (Å²) in [6.07, 6.45) is 2.98. The molecule has 6 heteroatoms. The maximum Gasteiger partial charge on any atom is 0.337 e. The number of carbonyl (C=O) groups is 1. The van der Waals surface area contributed by atoms with E-state index in [4.69, 9.17) is 10.5 Å². The molecule has 1 saturated heterocycles. The Kier molecular flexibility index (Phi) is 3.89. The second kappa shape index (κ2) is 6.11. The van der Waals surface area contributed by atoms with Gasteiger partial charge in [0.05, 0.1) is 12.7 Å². The first-order valence-corrected chi connectivity index (χ1v) is 8.68. The van der Waals surface area contributed by atoms with Crippen molar-refractivity contribution in [2.45, 2.75) is 31.3 Å². The van der Waals surface area contributed by atoms with E-state index < -0.39 is 5.97 Å². The number of nitrogens with two attached hydrogens (primary N) is 1. The highest BCUT2D eigenvalue weighted by molar-refractivity contribution is 5.92. The SMILES string of the molecule is COC(=O)c1cccc(-c2c(C#N)c(N)nc3c2[C@H]2CC[C@@H](C3)N2C)c1. The number of benzene rings is 1. The van der Waals surface area contributed by atoms with E-state index in [9.17, 15) is 10.1 Å². The predicted molar refractivity (Wildman–Crippen MR) is 97.4 cm³/mol. The second-order valence-electron chi connectivity index (χ2n) is 6.91. The van der Waals surface area contributed by atoms with E-state index >= 15 is 0 Å². The van der Waals surface area contributed by atoms with Gasteiger partial charge >= 0.3 is 5.97 Å². The maximum absolute atomic E-state index is 12.0. The molecule has 2 aliphatic heterocycles. The lowest BCUT2D eigenvalue weighted by Crippen LogP contribution is -2.35. The molecule has 2 N–H and O–H groups in total. The third-order valence-electron chi connectivity index (χ3n) is 5.63. The fourth-order valence-corrected chi connectivity index (χ4v) is 4.34. The number of nitrogens with zero attached hydrogens (tertiary/aromatic N) is 3. The Labute approximate surface area is 152 Å². The molecule has 1 aromatic carbocycles. The predicted octanol–water partition coefficient (Wildman–Crippen LogP) is 2.68. The van der Waals surface area contributed by atoms with Crippen molar-refractivity contribution in [3.8, 4) is 17.2 Å². The molecule has 4 rings (SSSR count). The molecule has 0 saturated carbocycles. The Morgan fingerprint density at radius 2 is 2.23 bits per heavy atom. The number of nitriles is 1. The normalized spacial score (nSPS) is 21.1. The Morgan fingerprint density at radius 1 is 1.42 bits per heavy atom. The Bertz CT molecular complexity index is 948. The first kappa shape index (κ1) is 16.6. The van der Waals surface area contributed by atoms with Gasteiger partial charge in [-0.15, -0.1) is 0 Å². The molecule has 0 aliphatic carbocycles. The van der Waals surface area contributed by atoms with Crippen LogP contribution in [-0.4, -0.2) is 36.1 Å². The fraction of sp³-hybridized carbons (Fsp3) is 0.350. The molecule has 132 valence electrons. The van der Waals surface area contributed by atoms with E-state index in [1.165, 1.54) is 7.11 Å². The molecule has 1 aromatic heterocycles. The van der Waals surface area contributed by atoms with Crippen LogP contribution >= 0.6 is 0 Å². The van der Waals surface area contributed by atoms with Crippen LogP contribution in [0.25, 0.3) is 11.1 Å². The number of ether oxygens (including phenoxy) is 1. The summed E-state index contributed by atoms with van der Waals surface area (Å²) >= 11 is 0. The Balaban J connectivity index is 1.99. The molecule has 2 aliphatic rings. The maximum atomic E-state index is 12.0. The van der Waals surface area contributed by atoms with Gasteiger partial charge in [0.2, 0.25) is 0 Å². The van der Waals surface area contributed by atoms with Gasteiger partial charge in [0.25, 0.3) is 0 Å². The molecular formula is C20H20N4O2. The second-order valence-corrected chi connectivity index (χ2v) is 6.91. The minimum atomic E-state index is -0.403. The number of carbonyl (C=O) groups excluding carboxylic acids is 1. The Morgan fingerprint density at radius 3 is 2.96 bits per heavy atom. The van der Waals surface area contributed by atoms with Gasteiger partial charge in [-0.1, -0.05) is 12.1 Å². The van der Waals surface area contributed by atoms with E-state index in [0.29, 0.717) is 17.2 Å². The molecule has 2 atom stereocenters. The number of hydrogen-bond acceptors (Lipinski definition) is 6. The van der Waals surface area contributed by atoms with Crippen molar-refractivity contribution < 1.29 is 9.53 Å². The molecular weight excluding hydrogens is 328 g/mol. The van der Waals surface area contributed by atoms with Crippen LogP contribution in [0.2, 0.25) is 0 Å². The zero-order chi connectivity index (χ0) is 18.4. The van der Waals surface area contributed by atoms with Crippen LogP contribution in [0.3, 0.4) is 0 Å². The minimum Gasteiger partial charge on any atom is -0.465 e. The summed E-state index contributed by atoms with van der Waals surface area (Å²) in [6, 6.07) is 10.1. The summed E-state index contributed by atoms with van der Waals surface area (Å²) in [5.41, 5.74) is 10.6. The van der Waals surface area contributed by atoms with Crippen LogP contribution in [0, 0.1) is 11.3 Å². The molecule has 0 spiro atoms. The van der Waals surface area contributed by atoms with Gasteiger partial charge in [-0.3, -0.25) is 4.90 Å². The highest BCUT2D eigenvalue weighted by Crippen LogP contribution is 2.47. The zero-order valence-electron chi connectivity index (χ0n) is 14.8. The molecule has 1 fully saturated rings. The average Bonchev–Trinajstić information content (AvgIpc) is 2.89. The first-order chi connectivity index (χ1) is 12.5. The van der Waals surface area contributed by atoms with Gasteiger partial charge in [-0.05, 0) is 37.6 Å². The van der Waals surface area contributed by atoms with Gasteiger partial charge in [-0.2, -0.15) is 5.26 Å². The highest BCUT2D eigenvalue weighted by Gasteiger charge is 2.41. The van der Waals surface area contributed by atoms with Gasteiger partial charge in [0.1, 0.15) is 17.5 Å². The topological polar surface area (TPSA) is 92.2 Å². The average molecular weight is 348 g/mol. The van der Waals surface area contributed by atoms with Crippen molar-refractivity contribution >= 4 is 11.8 Å². The van der Waals surface area contributed by atoms with Crippen LogP contribution in [-0.2, 0) is 11.2 Å². The molecule has 3 heterocycles. The minimum absolute atomic E-state index is 0.223. The quantitative estimate of drug-likeness (QED) is 0.839. The van der Waals surface area contributed by atoms with Crippen molar-refractivity contribution in [3.05, 3.63) is 46.6 Å². The van der Waals surface area contributed by atoms with Gasteiger partial charge in [0.15, 0.2) is 0 Å². The third-order valence-corrected chi connectivity index (χ3v) is 5.63. The van der Waals surface area contributed by atoms with Crippen LogP contribution in [0.5, 0.6) is 0 Å². The van der Waals surface area contributed by atoms with Crippen molar-refractivity contribution in [2.75, 3.05) is 19.9 Å². The lowest BCUT2D eigenvalue weighted by Gasteiger charge is -2.34. The van der Waals surface area contributed by atoms with Crippen molar-refractivity contribution in [2.24, 2.45) is 0 Å². The number of anilines is 1. The number of pyridine rings is 1. The van der Waals surface area contributed by atoms with Crippen LogP contribution < -0.4 is 5.73 Å². The van der Waals surface area contributed by atoms with E-state index in [-0.39, 0.29) is 11.9 Å². The van der Waals surface area contributed by atoms with Crippen molar-refractivity contribution in [3.63, 3.8) is 0 Å². The summed E-state index contributed by atoms with van der Waals surface area (Å²) in [7, 11) is 3.48. The number of esters is 1. The number of fused-ring (bicyclic) bond motifs is 4. The van der Waals surface area contributed by atoms with Crippen LogP contribution in [0.1, 0.15) is 46.1 Å². The van der Waals surface area contributed by atoms with Crippen molar-refractivity contribution in [1.82, 2.24) is 9.88 Å². The first-order valence-electron chi connectivity index (χ1n) is 8.68. The van der Waals surface area contributed by atoms with Crippen LogP contribution in [0.4, 0.5) is 5.82 Å². The third kappa shape index (κ3) is 2.36. The number of likely N-dealkylation sites (N-methyl/N-ethyl adjacent to an activating group) is 1. The molecule has 0 unspecified atom stereocenters. The van der Waals surface area contributed by atoms with E-state index in [0.717, 1.165) is 41.6 Å². The lowest BCUT2D eigenvalue weighted by molar-refractivity contribution is 0.0601. The summed E-state index contributed by atoms with van der Waals surface area (Å²) in [6.45, 7) is 0. The number of aromatic nitrogens is 1. The Hall–Kier alpha value is -2.91. The number of rotatable bonds is 2. The number of nitrogen functional groups attached to an aromatic ring is 1. The molecule has 6 nitrogen and oxygen atoms in total. The molecule has 0 radical (unpaired) electrons. The van der Waals surface area contributed by atoms with Crippen LogP contribution in [0.15, 0.2) is 24.3 Å². The van der Waals surface area contributed by atoms with E-state index in [1.807, 2.05) is 6.07 Å². The molecule has 26 heavy (non-hydrogen) atoms. The molecule has 2 bridgehead atoms. The van der Waals surface area contributed by atoms with Gasteiger partial charge in [-0.25, -0.2) is 9.78 Å². The van der Waals surface area contributed by atoms with E-state index in [2.05, 4.69) is 23.0 Å². The fourth-order valence-electron chi connectivity index (χ4n) is 4.34. The van der Waals surface area contributed by atoms with Gasteiger partial charge in [0, 0.05) is 35.3 Å². The van der Waals surface area contributed by atoms with E-state index in [1.54, 1.807) is 18.2 Å². The summed E-state index contributed by atoms with van der Waals surface area (Å²) in [5, 5.41) is 9.75. The molecule has 0 amide bonds. The molecule has 2 aromatic rings. The smallest absolute Gasteiger partial charge is 0.337 e. The monoisotopic (exact) mass is 348 g/mol. The highest BCUT2D eigenvalue weighted by atomic mass is 16.5. The number of hydrogen-bond donors (Lipinski definition) is 1. The van der Waals surface area contributed by atoms with Gasteiger partial charge < -0.3 is 10.5 Å². The largest absolute Gasteiger partial charge is 0.465 e. The number of methoxy groups -OCH3 is 1. The zero-order valence-corrected chi connectivity index (χ0v) is 14.8.